The standard InChI is InChI=1S/C21H25N3O4/c1-3-13-28-21(27)15-5-7-17(8-6-15)24-20(26)14-22-16-9-11-18(12-10-16)23-19(25)4-2/h5-12,22H,3-4,13-14H2,1-2H3,(H,23,25)(H,24,26). The fraction of sp³-hybridized carbons (Fsp3) is 0.286. The summed E-state index contributed by atoms with van der Waals surface area (Å²) in [6, 6.07) is 13.7. The van der Waals surface area contributed by atoms with E-state index in [-0.39, 0.29) is 24.3 Å². The van der Waals surface area contributed by atoms with Crippen LogP contribution in [0.2, 0.25) is 0 Å². The number of nitrogens with one attached hydrogen (secondary N) is 3. The Morgan fingerprint density at radius 3 is 1.89 bits per heavy atom. The summed E-state index contributed by atoms with van der Waals surface area (Å²) in [5, 5.41) is 8.53. The molecule has 2 amide bonds. The van der Waals surface area contributed by atoms with Gasteiger partial charge in [0, 0.05) is 23.5 Å². The van der Waals surface area contributed by atoms with Crippen molar-refractivity contribution in [2.75, 3.05) is 29.1 Å². The summed E-state index contributed by atoms with van der Waals surface area (Å²) in [4.78, 5) is 35.2. The molecule has 0 bridgehead atoms. The fourth-order valence-corrected chi connectivity index (χ4v) is 2.28. The van der Waals surface area contributed by atoms with Gasteiger partial charge in [0.05, 0.1) is 18.7 Å². The molecule has 2 rings (SSSR count). The Kier molecular flexibility index (Phi) is 8.02. The van der Waals surface area contributed by atoms with Gasteiger partial charge in [0.25, 0.3) is 0 Å². The van der Waals surface area contributed by atoms with E-state index in [0.29, 0.717) is 30.0 Å². The summed E-state index contributed by atoms with van der Waals surface area (Å²) >= 11 is 0. The van der Waals surface area contributed by atoms with E-state index in [1.165, 1.54) is 0 Å². The van der Waals surface area contributed by atoms with Crippen molar-refractivity contribution in [3.05, 3.63) is 54.1 Å². The number of esters is 1. The molecule has 0 aliphatic heterocycles. The quantitative estimate of drug-likeness (QED) is 0.574. The maximum Gasteiger partial charge on any atom is 0.338 e. The van der Waals surface area contributed by atoms with Crippen LogP contribution in [0.15, 0.2) is 48.5 Å². The van der Waals surface area contributed by atoms with Crippen LogP contribution in [0.25, 0.3) is 0 Å². The number of rotatable bonds is 9. The van der Waals surface area contributed by atoms with Gasteiger partial charge in [-0.05, 0) is 55.0 Å². The van der Waals surface area contributed by atoms with Crippen LogP contribution in [0.4, 0.5) is 17.1 Å². The molecule has 0 radical (unpaired) electrons. The van der Waals surface area contributed by atoms with Crippen molar-refractivity contribution in [2.45, 2.75) is 26.7 Å². The van der Waals surface area contributed by atoms with Crippen LogP contribution >= 0.6 is 0 Å². The summed E-state index contributed by atoms with van der Waals surface area (Å²) < 4.78 is 5.06. The molecule has 0 spiro atoms. The minimum absolute atomic E-state index is 0.0512. The molecule has 0 atom stereocenters. The van der Waals surface area contributed by atoms with Gasteiger partial charge in [-0.15, -0.1) is 0 Å². The van der Waals surface area contributed by atoms with Gasteiger partial charge in [0.15, 0.2) is 0 Å². The van der Waals surface area contributed by atoms with Crippen LogP contribution in [-0.4, -0.2) is 30.9 Å². The van der Waals surface area contributed by atoms with E-state index < -0.39 is 0 Å². The van der Waals surface area contributed by atoms with Crippen molar-refractivity contribution in [2.24, 2.45) is 0 Å². The van der Waals surface area contributed by atoms with Crippen molar-refractivity contribution in [3.8, 4) is 0 Å². The third-order valence-corrected chi connectivity index (χ3v) is 3.78. The lowest BCUT2D eigenvalue weighted by molar-refractivity contribution is -0.116. The van der Waals surface area contributed by atoms with Crippen molar-refractivity contribution in [3.63, 3.8) is 0 Å². The molecule has 0 fully saturated rings. The van der Waals surface area contributed by atoms with Gasteiger partial charge in [0.1, 0.15) is 0 Å². The number of anilines is 3. The highest BCUT2D eigenvalue weighted by Gasteiger charge is 2.08. The second-order valence-corrected chi connectivity index (χ2v) is 6.09. The first kappa shape index (κ1) is 21.0. The van der Waals surface area contributed by atoms with Crippen molar-refractivity contribution < 1.29 is 19.1 Å². The average molecular weight is 383 g/mol. The van der Waals surface area contributed by atoms with Crippen LogP contribution in [0.3, 0.4) is 0 Å². The Balaban J connectivity index is 1.80. The number of ether oxygens (including phenoxy) is 1. The normalized spacial score (nSPS) is 10.1. The minimum atomic E-state index is -0.375. The number of amides is 2. The zero-order valence-corrected chi connectivity index (χ0v) is 16.1. The van der Waals surface area contributed by atoms with E-state index in [0.717, 1.165) is 12.1 Å². The number of hydrogen-bond acceptors (Lipinski definition) is 5. The highest BCUT2D eigenvalue weighted by Crippen LogP contribution is 2.14. The van der Waals surface area contributed by atoms with Gasteiger partial charge < -0.3 is 20.7 Å². The van der Waals surface area contributed by atoms with Crippen LogP contribution in [0.5, 0.6) is 0 Å². The smallest absolute Gasteiger partial charge is 0.338 e. The molecule has 148 valence electrons. The summed E-state index contributed by atoms with van der Waals surface area (Å²) in [6.07, 6.45) is 1.18. The zero-order valence-electron chi connectivity index (χ0n) is 16.1. The zero-order chi connectivity index (χ0) is 20.4. The number of carbonyl (C=O) groups excluding carboxylic acids is 3. The second kappa shape index (κ2) is 10.7. The summed E-state index contributed by atoms with van der Waals surface area (Å²) in [7, 11) is 0. The van der Waals surface area contributed by atoms with Gasteiger partial charge in [-0.25, -0.2) is 4.79 Å². The highest BCUT2D eigenvalue weighted by atomic mass is 16.5. The molecule has 0 aliphatic rings. The van der Waals surface area contributed by atoms with Gasteiger partial charge in [-0.1, -0.05) is 13.8 Å². The SMILES string of the molecule is CCCOC(=O)c1ccc(NC(=O)CNc2ccc(NC(=O)CC)cc2)cc1. The van der Waals surface area contributed by atoms with Crippen molar-refractivity contribution >= 4 is 34.8 Å². The molecule has 0 heterocycles. The fourth-order valence-electron chi connectivity index (χ4n) is 2.28. The summed E-state index contributed by atoms with van der Waals surface area (Å²) in [5.41, 5.74) is 2.51. The first-order chi connectivity index (χ1) is 13.5. The lowest BCUT2D eigenvalue weighted by atomic mass is 10.2. The maximum atomic E-state index is 12.1. The predicted octanol–water partition coefficient (Wildman–Crippen LogP) is 3.65. The monoisotopic (exact) mass is 383 g/mol. The third kappa shape index (κ3) is 6.75. The molecule has 0 saturated carbocycles. The Morgan fingerprint density at radius 2 is 1.32 bits per heavy atom. The molecule has 2 aromatic rings. The van der Waals surface area contributed by atoms with Crippen molar-refractivity contribution in [1.82, 2.24) is 0 Å². The number of benzene rings is 2. The molecule has 28 heavy (non-hydrogen) atoms. The predicted molar refractivity (Wildman–Crippen MR) is 109 cm³/mol. The Hall–Kier alpha value is -3.35. The van der Waals surface area contributed by atoms with Crippen molar-refractivity contribution in [1.29, 1.82) is 0 Å². The van der Waals surface area contributed by atoms with E-state index >= 15 is 0 Å². The van der Waals surface area contributed by atoms with Crippen LogP contribution in [-0.2, 0) is 14.3 Å². The Morgan fingerprint density at radius 1 is 0.786 bits per heavy atom. The molecule has 0 aromatic heterocycles. The molecule has 0 unspecified atom stereocenters. The molecule has 7 heteroatoms. The molecule has 0 aliphatic carbocycles. The third-order valence-electron chi connectivity index (χ3n) is 3.78. The lowest BCUT2D eigenvalue weighted by Gasteiger charge is -2.09. The topological polar surface area (TPSA) is 96.5 Å². The molecule has 0 saturated heterocycles. The highest BCUT2D eigenvalue weighted by molar-refractivity contribution is 5.95. The van der Waals surface area contributed by atoms with E-state index in [4.69, 9.17) is 4.74 Å². The van der Waals surface area contributed by atoms with Crippen LogP contribution < -0.4 is 16.0 Å². The first-order valence-corrected chi connectivity index (χ1v) is 9.22. The van der Waals surface area contributed by atoms with Crippen LogP contribution in [0.1, 0.15) is 37.0 Å². The molecule has 2 aromatic carbocycles. The van der Waals surface area contributed by atoms with E-state index in [1.54, 1.807) is 55.5 Å². The average Bonchev–Trinajstić information content (AvgIpc) is 2.72. The van der Waals surface area contributed by atoms with Gasteiger partial charge in [0.2, 0.25) is 11.8 Å². The van der Waals surface area contributed by atoms with Crippen LogP contribution in [0, 0.1) is 0 Å². The molecule has 7 nitrogen and oxygen atoms in total. The van der Waals surface area contributed by atoms with Gasteiger partial charge in [-0.2, -0.15) is 0 Å². The van der Waals surface area contributed by atoms with E-state index in [9.17, 15) is 14.4 Å². The van der Waals surface area contributed by atoms with E-state index in [2.05, 4.69) is 16.0 Å². The summed E-state index contributed by atoms with van der Waals surface area (Å²) in [5.74, 6) is -0.644. The summed E-state index contributed by atoms with van der Waals surface area (Å²) in [6.45, 7) is 4.18. The first-order valence-electron chi connectivity index (χ1n) is 9.22. The second-order valence-electron chi connectivity index (χ2n) is 6.09. The Bertz CT molecular complexity index is 801. The number of hydrogen-bond donors (Lipinski definition) is 3. The van der Waals surface area contributed by atoms with E-state index in [1.807, 2.05) is 6.92 Å². The number of carbonyl (C=O) groups is 3. The molecule has 3 N–H and O–H groups in total. The molecular weight excluding hydrogens is 358 g/mol. The van der Waals surface area contributed by atoms with Gasteiger partial charge in [-0.3, -0.25) is 9.59 Å². The molecular formula is C21H25N3O4. The largest absolute Gasteiger partial charge is 0.462 e. The minimum Gasteiger partial charge on any atom is -0.462 e. The Labute approximate surface area is 164 Å². The lowest BCUT2D eigenvalue weighted by Crippen LogP contribution is -2.21. The van der Waals surface area contributed by atoms with Gasteiger partial charge >= 0.3 is 5.97 Å². The maximum absolute atomic E-state index is 12.1.